The van der Waals surface area contributed by atoms with Crippen LogP contribution in [0.25, 0.3) is 10.9 Å². The van der Waals surface area contributed by atoms with E-state index in [9.17, 15) is 13.2 Å². The molecule has 0 aliphatic carbocycles. The van der Waals surface area contributed by atoms with Gasteiger partial charge in [0.15, 0.2) is 6.61 Å². The van der Waals surface area contributed by atoms with Crippen molar-refractivity contribution < 1.29 is 22.6 Å². The van der Waals surface area contributed by atoms with Crippen LogP contribution in [0, 0.1) is 6.92 Å². The number of hydrogen-bond acceptors (Lipinski definition) is 3. The molecule has 0 saturated heterocycles. The molecule has 0 N–H and O–H groups in total. The minimum Gasteiger partial charge on any atom is -0.497 e. The first kappa shape index (κ1) is 18.1. The first-order chi connectivity index (χ1) is 12.3. The van der Waals surface area contributed by atoms with Gasteiger partial charge in [-0.25, -0.2) is 0 Å². The van der Waals surface area contributed by atoms with Gasteiger partial charge in [0.1, 0.15) is 11.5 Å². The van der Waals surface area contributed by atoms with Crippen molar-refractivity contribution in [3.63, 3.8) is 0 Å². The summed E-state index contributed by atoms with van der Waals surface area (Å²) in [6, 6.07) is 11.0. The first-order valence-corrected chi connectivity index (χ1v) is 8.09. The molecule has 7 heteroatoms. The molecule has 3 aromatic rings. The van der Waals surface area contributed by atoms with Crippen molar-refractivity contribution in [1.82, 2.24) is 9.55 Å². The fourth-order valence-electron chi connectivity index (χ4n) is 3.00. The molecule has 0 unspecified atom stereocenters. The Bertz CT molecular complexity index is 902. The van der Waals surface area contributed by atoms with Crippen molar-refractivity contribution in [3.05, 3.63) is 54.0 Å². The van der Waals surface area contributed by atoms with Gasteiger partial charge >= 0.3 is 6.18 Å². The molecule has 1 atom stereocenters. The fourth-order valence-corrected chi connectivity index (χ4v) is 3.00. The molecule has 0 radical (unpaired) electrons. The maximum Gasteiger partial charge on any atom is 0.422 e. The molecule has 26 heavy (non-hydrogen) atoms. The molecule has 2 heterocycles. The highest BCUT2D eigenvalue weighted by Crippen LogP contribution is 2.30. The van der Waals surface area contributed by atoms with Crippen molar-refractivity contribution in [2.75, 3.05) is 13.7 Å². The number of alkyl halides is 3. The highest BCUT2D eigenvalue weighted by Gasteiger charge is 2.28. The number of rotatable bonds is 5. The number of fused-ring (bicyclic) bond motifs is 1. The van der Waals surface area contributed by atoms with Crippen LogP contribution in [0.3, 0.4) is 0 Å². The summed E-state index contributed by atoms with van der Waals surface area (Å²) >= 11 is 0. The lowest BCUT2D eigenvalue weighted by Crippen LogP contribution is -2.19. The Hall–Kier alpha value is -2.70. The molecule has 0 amide bonds. The fraction of sp³-hybridized carbons (Fsp3) is 0.316. The Balaban J connectivity index is 1.88. The zero-order chi connectivity index (χ0) is 18.9. The lowest BCUT2D eigenvalue weighted by atomic mass is 10.2. The molecule has 0 saturated carbocycles. The lowest BCUT2D eigenvalue weighted by molar-refractivity contribution is -0.153. The average Bonchev–Trinajstić information content (AvgIpc) is 2.94. The minimum absolute atomic E-state index is 0.0917. The smallest absolute Gasteiger partial charge is 0.422 e. The van der Waals surface area contributed by atoms with E-state index in [0.29, 0.717) is 0 Å². The number of pyridine rings is 1. The number of methoxy groups -OCH3 is 1. The maximum absolute atomic E-state index is 12.2. The van der Waals surface area contributed by atoms with E-state index >= 15 is 0 Å². The minimum atomic E-state index is -4.37. The third-order valence-electron chi connectivity index (χ3n) is 4.22. The molecule has 0 aliphatic rings. The summed E-state index contributed by atoms with van der Waals surface area (Å²) in [6.45, 7) is 2.67. The number of nitrogens with zero attached hydrogens (tertiary/aromatic N) is 2. The van der Waals surface area contributed by atoms with Crippen molar-refractivity contribution in [1.29, 1.82) is 0 Å². The molecule has 0 bridgehead atoms. The Labute approximate surface area is 149 Å². The van der Waals surface area contributed by atoms with Gasteiger partial charge in [-0.05, 0) is 44.2 Å². The zero-order valence-electron chi connectivity index (χ0n) is 14.7. The normalized spacial score (nSPS) is 13.0. The summed E-state index contributed by atoms with van der Waals surface area (Å²) in [5.41, 5.74) is 2.79. The molecular weight excluding hydrogens is 345 g/mol. The van der Waals surface area contributed by atoms with Gasteiger partial charge in [0.2, 0.25) is 0 Å². The average molecular weight is 364 g/mol. The summed E-state index contributed by atoms with van der Waals surface area (Å²) in [5, 5.41) is 1.08. The van der Waals surface area contributed by atoms with Crippen molar-refractivity contribution >= 4 is 10.9 Å². The van der Waals surface area contributed by atoms with Crippen molar-refractivity contribution in [3.8, 4) is 11.5 Å². The third kappa shape index (κ3) is 3.76. The number of ether oxygens (including phenoxy) is 2. The van der Waals surface area contributed by atoms with Gasteiger partial charge in [-0.1, -0.05) is 0 Å². The number of hydrogen-bond donors (Lipinski definition) is 0. The number of halogens is 3. The SMILES string of the molecule is COc1ccc2cc(C)n([C@H](C)c3ccc(OCC(F)(F)F)cn3)c2c1. The standard InChI is InChI=1S/C19H19F3N2O2/c1-12-8-14-4-5-15(25-3)9-18(14)24(12)13(2)17-7-6-16(10-23-17)26-11-19(20,21)22/h4-10,13H,11H2,1-3H3/t13-/m1/s1. The van der Waals surface area contributed by atoms with E-state index < -0.39 is 12.8 Å². The van der Waals surface area contributed by atoms with Gasteiger partial charge in [-0.15, -0.1) is 0 Å². The van der Waals surface area contributed by atoms with Crippen LogP contribution in [-0.2, 0) is 0 Å². The van der Waals surface area contributed by atoms with Crippen LogP contribution in [0.4, 0.5) is 13.2 Å². The highest BCUT2D eigenvalue weighted by atomic mass is 19.4. The summed E-state index contributed by atoms with van der Waals surface area (Å²) in [7, 11) is 1.62. The van der Waals surface area contributed by atoms with Gasteiger partial charge < -0.3 is 14.0 Å². The predicted octanol–water partition coefficient (Wildman–Crippen LogP) is 4.90. The molecule has 3 rings (SSSR count). The van der Waals surface area contributed by atoms with E-state index in [1.165, 1.54) is 12.3 Å². The Morgan fingerprint density at radius 3 is 2.46 bits per heavy atom. The monoisotopic (exact) mass is 364 g/mol. The highest BCUT2D eigenvalue weighted by molar-refractivity contribution is 5.83. The number of benzene rings is 1. The van der Waals surface area contributed by atoms with E-state index in [0.717, 1.165) is 28.0 Å². The molecule has 138 valence electrons. The van der Waals surface area contributed by atoms with Crippen LogP contribution in [0.2, 0.25) is 0 Å². The Morgan fingerprint density at radius 2 is 1.85 bits per heavy atom. The molecular formula is C19H19F3N2O2. The largest absolute Gasteiger partial charge is 0.497 e. The Morgan fingerprint density at radius 1 is 1.12 bits per heavy atom. The summed E-state index contributed by atoms with van der Waals surface area (Å²) < 4.78 is 48.8. The van der Waals surface area contributed by atoms with Crippen LogP contribution in [-0.4, -0.2) is 29.4 Å². The lowest BCUT2D eigenvalue weighted by Gasteiger charge is -2.18. The van der Waals surface area contributed by atoms with E-state index in [4.69, 9.17) is 9.47 Å². The van der Waals surface area contributed by atoms with Gasteiger partial charge in [0, 0.05) is 17.1 Å². The van der Waals surface area contributed by atoms with Crippen molar-refractivity contribution in [2.24, 2.45) is 0 Å². The van der Waals surface area contributed by atoms with Gasteiger partial charge in [-0.2, -0.15) is 13.2 Å². The zero-order valence-corrected chi connectivity index (χ0v) is 14.7. The molecule has 0 fully saturated rings. The quantitative estimate of drug-likeness (QED) is 0.646. The summed E-state index contributed by atoms with van der Waals surface area (Å²) in [4.78, 5) is 4.28. The van der Waals surface area contributed by atoms with E-state index in [1.807, 2.05) is 32.0 Å². The summed E-state index contributed by atoms with van der Waals surface area (Å²) in [6.07, 6.45) is -3.05. The molecule has 0 aliphatic heterocycles. The first-order valence-electron chi connectivity index (χ1n) is 8.09. The second-order valence-corrected chi connectivity index (χ2v) is 6.08. The van der Waals surface area contributed by atoms with Gasteiger partial charge in [0.25, 0.3) is 0 Å². The molecule has 1 aromatic carbocycles. The van der Waals surface area contributed by atoms with Crippen LogP contribution >= 0.6 is 0 Å². The van der Waals surface area contributed by atoms with Crippen molar-refractivity contribution in [2.45, 2.75) is 26.1 Å². The van der Waals surface area contributed by atoms with Gasteiger partial charge in [-0.3, -0.25) is 4.98 Å². The second kappa shape index (κ2) is 6.90. The maximum atomic E-state index is 12.2. The van der Waals surface area contributed by atoms with Crippen LogP contribution in [0.15, 0.2) is 42.6 Å². The second-order valence-electron chi connectivity index (χ2n) is 6.08. The van der Waals surface area contributed by atoms with E-state index in [-0.39, 0.29) is 11.8 Å². The number of aryl methyl sites for hydroxylation is 1. The predicted molar refractivity (Wildman–Crippen MR) is 92.8 cm³/mol. The van der Waals surface area contributed by atoms with Crippen LogP contribution in [0.5, 0.6) is 11.5 Å². The Kier molecular flexibility index (Phi) is 4.80. The molecule has 2 aromatic heterocycles. The van der Waals surface area contributed by atoms with E-state index in [1.54, 1.807) is 13.2 Å². The molecule has 0 spiro atoms. The number of aromatic nitrogens is 2. The van der Waals surface area contributed by atoms with Crippen LogP contribution in [0.1, 0.15) is 24.4 Å². The van der Waals surface area contributed by atoms with Crippen LogP contribution < -0.4 is 9.47 Å². The summed E-state index contributed by atoms with van der Waals surface area (Å²) in [5.74, 6) is 0.849. The van der Waals surface area contributed by atoms with Gasteiger partial charge in [0.05, 0.1) is 30.6 Å². The topological polar surface area (TPSA) is 36.3 Å². The van der Waals surface area contributed by atoms with E-state index in [2.05, 4.69) is 15.6 Å². The third-order valence-corrected chi connectivity index (χ3v) is 4.22. The molecule has 4 nitrogen and oxygen atoms in total.